The van der Waals surface area contributed by atoms with Crippen molar-refractivity contribution in [3.05, 3.63) is 23.4 Å². The van der Waals surface area contributed by atoms with Crippen molar-refractivity contribution in [2.24, 2.45) is 16.7 Å². The molecule has 0 aromatic rings. The van der Waals surface area contributed by atoms with Gasteiger partial charge in [-0.1, -0.05) is 32.4 Å². The topological polar surface area (TPSA) is 106 Å². The molecule has 4 aliphatic rings. The fourth-order valence-corrected chi connectivity index (χ4v) is 6.75. The number of carbonyl (C=O) groups excluding carboxylic acids is 4. The third-order valence-corrected chi connectivity index (χ3v) is 9.31. The van der Waals surface area contributed by atoms with Gasteiger partial charge in [0.2, 0.25) is 11.8 Å². The van der Waals surface area contributed by atoms with Crippen LogP contribution in [0, 0.1) is 16.7 Å². The molecule has 2 saturated heterocycles. The maximum absolute atomic E-state index is 14.2. The molecule has 0 saturated carbocycles. The molecular weight excluding hydrogens is 538 g/mol. The molecule has 234 valence electrons. The summed E-state index contributed by atoms with van der Waals surface area (Å²) in [5.41, 5.74) is 0.548. The number of methoxy groups -OCH3 is 1. The molecule has 0 aromatic heterocycles. The zero-order chi connectivity index (χ0) is 30.7. The second-order valence-corrected chi connectivity index (χ2v) is 13.1. The summed E-state index contributed by atoms with van der Waals surface area (Å²) in [4.78, 5) is 58.6. The zero-order valence-electron chi connectivity index (χ0n) is 26.3. The number of allylic oxidation sites excluding steroid dienone is 1. The lowest BCUT2D eigenvalue weighted by Gasteiger charge is -2.53. The summed E-state index contributed by atoms with van der Waals surface area (Å²) in [7, 11) is 1.37. The van der Waals surface area contributed by atoms with E-state index >= 15 is 0 Å². The normalized spacial score (nSPS) is 28.5. The maximum atomic E-state index is 14.2. The van der Waals surface area contributed by atoms with Crippen molar-refractivity contribution in [2.45, 2.75) is 91.8 Å². The third kappa shape index (κ3) is 6.53. The zero-order valence-corrected chi connectivity index (χ0v) is 26.3. The number of amides is 3. The summed E-state index contributed by atoms with van der Waals surface area (Å²) in [5, 5.41) is 0. The van der Waals surface area contributed by atoms with E-state index < -0.39 is 23.4 Å². The Kier molecular flexibility index (Phi) is 10.1. The van der Waals surface area contributed by atoms with Crippen molar-refractivity contribution in [3.63, 3.8) is 0 Å². The average Bonchev–Trinajstić information content (AvgIpc) is 2.97. The van der Waals surface area contributed by atoms with E-state index in [1.54, 1.807) is 21.6 Å². The largest absolute Gasteiger partial charge is 0.468 e. The van der Waals surface area contributed by atoms with Crippen LogP contribution in [0.15, 0.2) is 23.4 Å². The molecule has 10 heteroatoms. The number of piperidine rings is 1. The van der Waals surface area contributed by atoms with Gasteiger partial charge in [-0.3, -0.25) is 14.4 Å². The lowest BCUT2D eigenvalue weighted by atomic mass is 9.65. The standard InChI is InChI=1S/C32H49N3O7/c1-7-41-30(39)34-17-15-33(16-18-34)27(36)19-24-21-32(29(38)40-6)22(2)42-26(31(3,4)5)20-25(32)35(28(24)37)14-13-23-11-9-8-10-12-23/h11,20,22,24,26H,7-10,12-19,21H2,1-6H3/t22-,24+,26-,32+/m1/s1. The van der Waals surface area contributed by atoms with Gasteiger partial charge in [0.1, 0.15) is 5.41 Å². The molecule has 4 atom stereocenters. The molecule has 0 unspecified atom stereocenters. The van der Waals surface area contributed by atoms with Crippen molar-refractivity contribution >= 4 is 23.9 Å². The second kappa shape index (κ2) is 13.2. The second-order valence-electron chi connectivity index (χ2n) is 13.1. The van der Waals surface area contributed by atoms with Gasteiger partial charge in [0.15, 0.2) is 0 Å². The highest BCUT2D eigenvalue weighted by Crippen LogP contribution is 2.52. The third-order valence-electron chi connectivity index (χ3n) is 9.31. The molecule has 4 rings (SSSR count). The molecule has 1 aliphatic carbocycles. The molecule has 0 spiro atoms. The van der Waals surface area contributed by atoms with Gasteiger partial charge in [-0.2, -0.15) is 0 Å². The van der Waals surface area contributed by atoms with Crippen LogP contribution in [0.1, 0.15) is 79.6 Å². The monoisotopic (exact) mass is 587 g/mol. The van der Waals surface area contributed by atoms with Gasteiger partial charge in [0.05, 0.1) is 25.9 Å². The van der Waals surface area contributed by atoms with E-state index in [1.165, 1.54) is 19.1 Å². The minimum atomic E-state index is -1.20. The molecule has 3 heterocycles. The van der Waals surface area contributed by atoms with Crippen LogP contribution < -0.4 is 0 Å². The van der Waals surface area contributed by atoms with Crippen molar-refractivity contribution in [2.75, 3.05) is 46.4 Å². The molecule has 3 amide bonds. The van der Waals surface area contributed by atoms with E-state index in [2.05, 4.69) is 26.8 Å². The van der Waals surface area contributed by atoms with E-state index in [-0.39, 0.29) is 42.3 Å². The minimum absolute atomic E-state index is 0.0150. The molecule has 42 heavy (non-hydrogen) atoms. The maximum Gasteiger partial charge on any atom is 0.409 e. The minimum Gasteiger partial charge on any atom is -0.468 e. The average molecular weight is 588 g/mol. The first-order chi connectivity index (χ1) is 19.9. The Morgan fingerprint density at radius 2 is 1.79 bits per heavy atom. The Labute approximate surface area is 250 Å². The summed E-state index contributed by atoms with van der Waals surface area (Å²) in [6, 6.07) is 0. The Hall–Kier alpha value is -2.88. The fraction of sp³-hybridized carbons (Fsp3) is 0.750. The summed E-state index contributed by atoms with van der Waals surface area (Å²) in [6.45, 7) is 12.1. The number of likely N-dealkylation sites (tertiary alicyclic amines) is 1. The number of esters is 1. The van der Waals surface area contributed by atoms with Crippen molar-refractivity contribution in [3.8, 4) is 0 Å². The molecular formula is C32H49N3O7. The van der Waals surface area contributed by atoms with Crippen LogP contribution in [0.2, 0.25) is 0 Å². The molecule has 3 aliphatic heterocycles. The summed E-state index contributed by atoms with van der Waals surface area (Å²) < 4.78 is 17.0. The number of rotatable bonds is 7. The van der Waals surface area contributed by atoms with Gasteiger partial charge in [-0.05, 0) is 63.9 Å². The van der Waals surface area contributed by atoms with E-state index in [9.17, 15) is 19.2 Å². The van der Waals surface area contributed by atoms with E-state index in [4.69, 9.17) is 14.2 Å². The number of fused-ring (bicyclic) bond motifs is 1. The fourth-order valence-electron chi connectivity index (χ4n) is 6.75. The molecule has 2 fully saturated rings. The Morgan fingerprint density at radius 3 is 2.38 bits per heavy atom. The van der Waals surface area contributed by atoms with Crippen LogP contribution >= 0.6 is 0 Å². The van der Waals surface area contributed by atoms with Gasteiger partial charge in [-0.25, -0.2) is 4.79 Å². The Bertz CT molecular complexity index is 1100. The molecule has 0 radical (unpaired) electrons. The highest BCUT2D eigenvalue weighted by molar-refractivity contribution is 5.92. The van der Waals surface area contributed by atoms with E-state index in [1.807, 2.05) is 13.0 Å². The number of carbonyl (C=O) groups is 4. The molecule has 0 N–H and O–H groups in total. The number of hydrogen-bond donors (Lipinski definition) is 0. The lowest BCUT2D eigenvalue weighted by molar-refractivity contribution is -0.180. The number of piperazine rings is 1. The molecule has 10 nitrogen and oxygen atoms in total. The number of nitrogens with zero attached hydrogens (tertiary/aromatic N) is 3. The predicted octanol–water partition coefficient (Wildman–Crippen LogP) is 4.29. The van der Waals surface area contributed by atoms with Gasteiger partial charge in [0.25, 0.3) is 0 Å². The molecule has 0 aromatic carbocycles. The highest BCUT2D eigenvalue weighted by atomic mass is 16.6. The van der Waals surface area contributed by atoms with Crippen LogP contribution in [0.3, 0.4) is 0 Å². The summed E-state index contributed by atoms with van der Waals surface area (Å²) in [6.07, 6.45) is 8.27. The summed E-state index contributed by atoms with van der Waals surface area (Å²) in [5.74, 6) is -1.42. The van der Waals surface area contributed by atoms with Crippen LogP contribution in [-0.2, 0) is 28.6 Å². The van der Waals surface area contributed by atoms with Gasteiger partial charge >= 0.3 is 12.1 Å². The van der Waals surface area contributed by atoms with E-state index in [0.717, 1.165) is 25.7 Å². The number of hydrogen-bond acceptors (Lipinski definition) is 7. The Balaban J connectivity index is 1.62. The first-order valence-electron chi connectivity index (χ1n) is 15.6. The summed E-state index contributed by atoms with van der Waals surface area (Å²) >= 11 is 0. The van der Waals surface area contributed by atoms with E-state index in [0.29, 0.717) is 45.0 Å². The highest BCUT2D eigenvalue weighted by Gasteiger charge is 2.60. The first-order valence-corrected chi connectivity index (χ1v) is 15.6. The van der Waals surface area contributed by atoms with Crippen LogP contribution in [-0.4, -0.2) is 97.2 Å². The molecule has 0 bridgehead atoms. The van der Waals surface area contributed by atoms with Crippen LogP contribution in [0.4, 0.5) is 4.79 Å². The van der Waals surface area contributed by atoms with Crippen molar-refractivity contribution in [1.82, 2.24) is 14.7 Å². The quantitative estimate of drug-likeness (QED) is 0.323. The van der Waals surface area contributed by atoms with Crippen LogP contribution in [0.5, 0.6) is 0 Å². The first kappa shape index (κ1) is 32.0. The van der Waals surface area contributed by atoms with Gasteiger partial charge in [0, 0.05) is 50.8 Å². The van der Waals surface area contributed by atoms with Gasteiger partial charge in [-0.15, -0.1) is 0 Å². The number of ether oxygens (including phenoxy) is 3. The van der Waals surface area contributed by atoms with Crippen molar-refractivity contribution < 1.29 is 33.4 Å². The SMILES string of the molecule is CCOC(=O)N1CCN(C(=O)C[C@H]2C[C@@]3(C(=O)OC)C(=C[C@H](C(C)(C)C)O[C@@H]3C)N(CCC3=CCCCC3)C2=O)CC1. The smallest absolute Gasteiger partial charge is 0.409 e. The van der Waals surface area contributed by atoms with Gasteiger partial charge < -0.3 is 28.9 Å². The lowest BCUT2D eigenvalue weighted by Crippen LogP contribution is -2.61. The van der Waals surface area contributed by atoms with Crippen LogP contribution in [0.25, 0.3) is 0 Å². The van der Waals surface area contributed by atoms with Crippen molar-refractivity contribution in [1.29, 1.82) is 0 Å². The Morgan fingerprint density at radius 1 is 1.10 bits per heavy atom. The predicted molar refractivity (Wildman–Crippen MR) is 157 cm³/mol.